The first-order valence-electron chi connectivity index (χ1n) is 7.83. The molecule has 0 aliphatic heterocycles. The van der Waals surface area contributed by atoms with Crippen molar-refractivity contribution >= 4 is 54.9 Å². The number of rotatable bonds is 8. The second kappa shape index (κ2) is 8.67. The highest BCUT2D eigenvalue weighted by atomic mass is 35.5. The van der Waals surface area contributed by atoms with E-state index in [2.05, 4.69) is 9.71 Å². The lowest BCUT2D eigenvalue weighted by molar-refractivity contribution is 0.573. The van der Waals surface area contributed by atoms with Gasteiger partial charge in [0.05, 0.1) is 16.0 Å². The number of nitrogens with one attached hydrogen (secondary N) is 1. The molecule has 1 N–H and O–H groups in total. The van der Waals surface area contributed by atoms with Gasteiger partial charge >= 0.3 is 0 Å². The molecule has 26 heavy (non-hydrogen) atoms. The van der Waals surface area contributed by atoms with Crippen LogP contribution in [0.3, 0.4) is 0 Å². The monoisotopic (exact) mass is 430 g/mol. The number of aromatic nitrogens is 1. The number of halogens is 2. The van der Waals surface area contributed by atoms with Crippen molar-refractivity contribution in [3.8, 4) is 0 Å². The summed E-state index contributed by atoms with van der Waals surface area (Å²) in [4.78, 5) is 4.50. The molecule has 0 fully saturated rings. The van der Waals surface area contributed by atoms with Crippen molar-refractivity contribution in [3.63, 3.8) is 0 Å². The molecule has 0 radical (unpaired) electrons. The van der Waals surface area contributed by atoms with Crippen molar-refractivity contribution < 1.29 is 12.8 Å². The molecule has 0 spiro atoms. The van der Waals surface area contributed by atoms with Crippen LogP contribution < -0.4 is 4.72 Å². The zero-order valence-corrected chi connectivity index (χ0v) is 16.8. The molecule has 0 bridgehead atoms. The van der Waals surface area contributed by atoms with Crippen LogP contribution in [0, 0.1) is 5.82 Å². The molecule has 0 saturated carbocycles. The molecule has 4 nitrogen and oxygen atoms in total. The maximum absolute atomic E-state index is 13.7. The first kappa shape index (κ1) is 19.6. The number of fused-ring (bicyclic) bond motifs is 1. The van der Waals surface area contributed by atoms with Crippen LogP contribution in [0.25, 0.3) is 10.2 Å². The summed E-state index contributed by atoms with van der Waals surface area (Å²) in [5.41, 5.74) is 1.11. The topological polar surface area (TPSA) is 59.1 Å². The van der Waals surface area contributed by atoms with Crippen LogP contribution in [-0.4, -0.2) is 24.9 Å². The van der Waals surface area contributed by atoms with E-state index in [1.54, 1.807) is 23.1 Å². The van der Waals surface area contributed by atoms with Gasteiger partial charge in [-0.25, -0.2) is 22.5 Å². The highest BCUT2D eigenvalue weighted by Gasteiger charge is 2.14. The number of thioether (sulfide) groups is 1. The summed E-state index contributed by atoms with van der Waals surface area (Å²) in [6.45, 7) is -0.154. The zero-order valence-electron chi connectivity index (χ0n) is 13.6. The van der Waals surface area contributed by atoms with Gasteiger partial charge in [0.25, 0.3) is 0 Å². The third-order valence-electron chi connectivity index (χ3n) is 3.59. The zero-order chi connectivity index (χ0) is 18.6. The maximum atomic E-state index is 13.7. The Morgan fingerprint density at radius 3 is 2.77 bits per heavy atom. The van der Waals surface area contributed by atoms with E-state index < -0.39 is 15.8 Å². The summed E-state index contributed by atoms with van der Waals surface area (Å²) in [6, 6.07) is 12.1. The van der Waals surface area contributed by atoms with Crippen LogP contribution in [0.15, 0.2) is 46.8 Å². The van der Waals surface area contributed by atoms with E-state index in [-0.39, 0.29) is 22.9 Å². The molecule has 0 unspecified atom stereocenters. The van der Waals surface area contributed by atoms with Gasteiger partial charge in [-0.05, 0) is 30.7 Å². The average molecular weight is 431 g/mol. The third-order valence-corrected chi connectivity index (χ3v) is 7.62. The molecular formula is C17H16ClFN2O2S3. The molecule has 0 atom stereocenters. The maximum Gasteiger partial charge on any atom is 0.211 e. The van der Waals surface area contributed by atoms with Crippen molar-refractivity contribution in [1.29, 1.82) is 0 Å². The van der Waals surface area contributed by atoms with Gasteiger partial charge < -0.3 is 0 Å². The van der Waals surface area contributed by atoms with Gasteiger partial charge in [0.15, 0.2) is 4.34 Å². The highest BCUT2D eigenvalue weighted by Crippen LogP contribution is 2.29. The second-order valence-corrected chi connectivity index (χ2v) is 10.2. The van der Waals surface area contributed by atoms with Gasteiger partial charge in [0, 0.05) is 22.9 Å². The largest absolute Gasteiger partial charge is 0.230 e. The van der Waals surface area contributed by atoms with Crippen molar-refractivity contribution in [1.82, 2.24) is 9.71 Å². The van der Waals surface area contributed by atoms with Gasteiger partial charge in [0.1, 0.15) is 5.82 Å². The van der Waals surface area contributed by atoms with E-state index in [0.29, 0.717) is 12.2 Å². The lowest BCUT2D eigenvalue weighted by Crippen LogP contribution is -2.26. The van der Waals surface area contributed by atoms with Crippen LogP contribution in [0.1, 0.15) is 12.0 Å². The SMILES string of the molecule is O=S(=O)(CCCSc1nc2ccccc2s1)NCc1c(F)cccc1Cl. The molecule has 9 heteroatoms. The number of hydrogen-bond donors (Lipinski definition) is 1. The first-order valence-corrected chi connectivity index (χ1v) is 11.7. The predicted octanol–water partition coefficient (Wildman–Crippen LogP) is 4.69. The Balaban J connectivity index is 1.47. The minimum absolute atomic E-state index is 0.0308. The summed E-state index contributed by atoms with van der Waals surface area (Å²) in [5.74, 6) is 0.0876. The highest BCUT2D eigenvalue weighted by molar-refractivity contribution is 8.01. The van der Waals surface area contributed by atoms with E-state index in [4.69, 9.17) is 11.6 Å². The van der Waals surface area contributed by atoms with Crippen molar-refractivity contribution in [2.45, 2.75) is 17.3 Å². The van der Waals surface area contributed by atoms with Gasteiger partial charge in [0.2, 0.25) is 10.0 Å². The normalized spacial score (nSPS) is 11.9. The van der Waals surface area contributed by atoms with E-state index >= 15 is 0 Å². The van der Waals surface area contributed by atoms with Crippen molar-refractivity contribution in [3.05, 3.63) is 58.9 Å². The number of thiazole rings is 1. The van der Waals surface area contributed by atoms with E-state index in [1.807, 2.05) is 24.3 Å². The molecule has 3 rings (SSSR count). The molecular weight excluding hydrogens is 415 g/mol. The van der Waals surface area contributed by atoms with Crippen LogP contribution in [0.4, 0.5) is 4.39 Å². The Bertz CT molecular complexity index is 955. The Morgan fingerprint density at radius 2 is 2.00 bits per heavy atom. The smallest absolute Gasteiger partial charge is 0.211 e. The van der Waals surface area contributed by atoms with Crippen LogP contribution >= 0.6 is 34.7 Å². The van der Waals surface area contributed by atoms with Crippen LogP contribution in [0.2, 0.25) is 5.02 Å². The Hall–Kier alpha value is -1.19. The molecule has 0 aliphatic carbocycles. The number of nitrogens with zero attached hydrogens (tertiary/aromatic N) is 1. The van der Waals surface area contributed by atoms with E-state index in [1.165, 1.54) is 18.2 Å². The molecule has 138 valence electrons. The minimum Gasteiger partial charge on any atom is -0.230 e. The fourth-order valence-corrected chi connectivity index (χ4v) is 5.80. The summed E-state index contributed by atoms with van der Waals surface area (Å²) >= 11 is 9.04. The lowest BCUT2D eigenvalue weighted by atomic mass is 10.2. The Labute approximate surface area is 164 Å². The Morgan fingerprint density at radius 1 is 1.19 bits per heavy atom. The van der Waals surface area contributed by atoms with Crippen molar-refractivity contribution in [2.75, 3.05) is 11.5 Å². The fourth-order valence-electron chi connectivity index (χ4n) is 2.28. The van der Waals surface area contributed by atoms with Gasteiger partial charge in [-0.2, -0.15) is 0 Å². The average Bonchev–Trinajstić information content (AvgIpc) is 3.01. The molecule has 1 heterocycles. The quantitative estimate of drug-likeness (QED) is 0.416. The molecule has 0 aliphatic rings. The van der Waals surface area contributed by atoms with Crippen LogP contribution in [0.5, 0.6) is 0 Å². The standard InChI is InChI=1S/C17H16ClFN2O2S3/c18-13-5-3-6-14(19)12(13)11-20-26(22,23)10-4-9-24-17-21-15-7-1-2-8-16(15)25-17/h1-3,5-8,20H,4,9-11H2. The van der Waals surface area contributed by atoms with Crippen molar-refractivity contribution in [2.24, 2.45) is 0 Å². The molecule has 0 saturated heterocycles. The van der Waals surface area contributed by atoms with E-state index in [0.717, 1.165) is 14.6 Å². The molecule has 1 aromatic heterocycles. The Kier molecular flexibility index (Phi) is 6.52. The fraction of sp³-hybridized carbons (Fsp3) is 0.235. The summed E-state index contributed by atoms with van der Waals surface area (Å²) in [6.07, 6.45) is 0.473. The molecule has 3 aromatic rings. The second-order valence-electron chi connectivity index (χ2n) is 5.49. The lowest BCUT2D eigenvalue weighted by Gasteiger charge is -2.08. The van der Waals surface area contributed by atoms with Crippen LogP contribution in [-0.2, 0) is 16.6 Å². The summed E-state index contributed by atoms with van der Waals surface area (Å²) in [5, 5.41) is 0.207. The summed E-state index contributed by atoms with van der Waals surface area (Å²) < 4.78 is 42.3. The van der Waals surface area contributed by atoms with Gasteiger partial charge in [-0.15, -0.1) is 11.3 Å². The number of hydrogen-bond acceptors (Lipinski definition) is 5. The minimum atomic E-state index is -3.50. The molecule has 2 aromatic carbocycles. The number of sulfonamides is 1. The third kappa shape index (κ3) is 5.17. The summed E-state index contributed by atoms with van der Waals surface area (Å²) in [7, 11) is -3.50. The van der Waals surface area contributed by atoms with Gasteiger partial charge in [-0.1, -0.05) is 41.6 Å². The van der Waals surface area contributed by atoms with Gasteiger partial charge in [-0.3, -0.25) is 0 Å². The van der Waals surface area contributed by atoms with E-state index in [9.17, 15) is 12.8 Å². The molecule has 0 amide bonds. The number of para-hydroxylation sites is 1. The first-order chi connectivity index (χ1) is 12.4. The number of benzene rings is 2. The predicted molar refractivity (Wildman–Crippen MR) is 107 cm³/mol.